The summed E-state index contributed by atoms with van der Waals surface area (Å²) in [5, 5.41) is 0. The molecule has 3 nitrogen and oxygen atoms in total. The van der Waals surface area contributed by atoms with Crippen LogP contribution in [0.1, 0.15) is 25.8 Å². The Balaban J connectivity index is 2.25. The molecule has 1 aromatic heterocycles. The molecule has 3 heteroatoms. The standard InChI is InChI=1S/C13H18N2O/c1-9-6-12(8-14-7-9)15-5-4-13(16)10(2)11(15)3/h6-8,10-11H,4-5H2,1-3H3. The molecule has 2 heterocycles. The monoisotopic (exact) mass is 218 g/mol. The molecule has 2 unspecified atom stereocenters. The SMILES string of the molecule is Cc1cncc(N2CCC(=O)C(C)C2C)c1. The maximum absolute atomic E-state index is 11.6. The number of carbonyl (C=O) groups is 1. The minimum Gasteiger partial charge on any atom is -0.366 e. The van der Waals surface area contributed by atoms with E-state index in [-0.39, 0.29) is 12.0 Å². The minimum atomic E-state index is 0.120. The zero-order chi connectivity index (χ0) is 11.7. The van der Waals surface area contributed by atoms with Gasteiger partial charge in [0.05, 0.1) is 11.9 Å². The van der Waals surface area contributed by atoms with E-state index in [9.17, 15) is 4.79 Å². The molecule has 2 atom stereocenters. The number of hydrogen-bond acceptors (Lipinski definition) is 3. The number of anilines is 1. The van der Waals surface area contributed by atoms with Crippen LogP contribution in [0.2, 0.25) is 0 Å². The summed E-state index contributed by atoms with van der Waals surface area (Å²) < 4.78 is 0. The van der Waals surface area contributed by atoms with Crippen LogP contribution in [0.5, 0.6) is 0 Å². The van der Waals surface area contributed by atoms with Crippen LogP contribution in [-0.2, 0) is 4.79 Å². The van der Waals surface area contributed by atoms with Gasteiger partial charge < -0.3 is 4.90 Å². The van der Waals surface area contributed by atoms with Crippen LogP contribution in [0.3, 0.4) is 0 Å². The van der Waals surface area contributed by atoms with E-state index in [1.54, 1.807) is 0 Å². The van der Waals surface area contributed by atoms with Crippen LogP contribution in [0.15, 0.2) is 18.5 Å². The fourth-order valence-electron chi connectivity index (χ4n) is 2.26. The largest absolute Gasteiger partial charge is 0.366 e. The van der Waals surface area contributed by atoms with Gasteiger partial charge in [0.25, 0.3) is 0 Å². The van der Waals surface area contributed by atoms with E-state index < -0.39 is 0 Å². The Morgan fingerprint density at radius 3 is 2.81 bits per heavy atom. The van der Waals surface area contributed by atoms with E-state index in [1.807, 2.05) is 26.2 Å². The Morgan fingerprint density at radius 2 is 2.12 bits per heavy atom. The van der Waals surface area contributed by atoms with Crippen LogP contribution in [0, 0.1) is 12.8 Å². The number of aryl methyl sites for hydroxylation is 1. The lowest BCUT2D eigenvalue weighted by Gasteiger charge is -2.38. The number of carbonyl (C=O) groups excluding carboxylic acids is 1. The summed E-state index contributed by atoms with van der Waals surface area (Å²) in [4.78, 5) is 18.1. The molecular formula is C13H18N2O. The van der Waals surface area contributed by atoms with Gasteiger partial charge in [0.2, 0.25) is 0 Å². The molecule has 1 fully saturated rings. The maximum Gasteiger partial charge on any atom is 0.139 e. The lowest BCUT2D eigenvalue weighted by Crippen LogP contribution is -2.47. The van der Waals surface area contributed by atoms with Gasteiger partial charge in [-0.2, -0.15) is 0 Å². The first kappa shape index (κ1) is 11.1. The van der Waals surface area contributed by atoms with Crippen LogP contribution < -0.4 is 4.90 Å². The maximum atomic E-state index is 11.6. The molecule has 1 saturated heterocycles. The minimum absolute atomic E-state index is 0.120. The molecule has 16 heavy (non-hydrogen) atoms. The summed E-state index contributed by atoms with van der Waals surface area (Å²) in [5.74, 6) is 0.499. The number of ketones is 1. The van der Waals surface area contributed by atoms with Gasteiger partial charge in [-0.25, -0.2) is 0 Å². The number of aromatic nitrogens is 1. The van der Waals surface area contributed by atoms with E-state index >= 15 is 0 Å². The van der Waals surface area contributed by atoms with Crippen LogP contribution in [-0.4, -0.2) is 23.4 Å². The lowest BCUT2D eigenvalue weighted by molar-refractivity contribution is -0.123. The molecule has 0 aliphatic carbocycles. The van der Waals surface area contributed by atoms with Gasteiger partial charge in [-0.05, 0) is 25.5 Å². The van der Waals surface area contributed by atoms with Crippen LogP contribution in [0.4, 0.5) is 5.69 Å². The molecular weight excluding hydrogens is 200 g/mol. The van der Waals surface area contributed by atoms with Gasteiger partial charge in [0.1, 0.15) is 5.78 Å². The average molecular weight is 218 g/mol. The van der Waals surface area contributed by atoms with Crippen molar-refractivity contribution < 1.29 is 4.79 Å². The van der Waals surface area contributed by atoms with E-state index in [4.69, 9.17) is 0 Å². The second-order valence-electron chi connectivity index (χ2n) is 4.66. The molecule has 0 amide bonds. The Bertz CT molecular complexity index is 403. The smallest absolute Gasteiger partial charge is 0.139 e. The van der Waals surface area contributed by atoms with Crippen molar-refractivity contribution in [3.05, 3.63) is 24.0 Å². The Hall–Kier alpha value is -1.38. The fraction of sp³-hybridized carbons (Fsp3) is 0.538. The summed E-state index contributed by atoms with van der Waals surface area (Å²) in [6, 6.07) is 2.40. The van der Waals surface area contributed by atoms with E-state index in [0.29, 0.717) is 12.2 Å². The summed E-state index contributed by atoms with van der Waals surface area (Å²) in [7, 11) is 0. The summed E-state index contributed by atoms with van der Waals surface area (Å²) in [6.07, 6.45) is 4.39. The Kier molecular flexibility index (Phi) is 2.95. The number of Topliss-reactive ketones (excluding diaryl/α,β-unsaturated/α-hetero) is 1. The molecule has 86 valence electrons. The van der Waals surface area contributed by atoms with Crippen molar-refractivity contribution in [2.75, 3.05) is 11.4 Å². The summed E-state index contributed by atoms with van der Waals surface area (Å²) >= 11 is 0. The first-order chi connectivity index (χ1) is 7.59. The quantitative estimate of drug-likeness (QED) is 0.724. The van der Waals surface area contributed by atoms with Crippen LogP contribution in [0.25, 0.3) is 0 Å². The number of pyridine rings is 1. The number of hydrogen-bond donors (Lipinski definition) is 0. The Labute approximate surface area is 96.5 Å². The second kappa shape index (κ2) is 4.24. The van der Waals surface area contributed by atoms with Gasteiger partial charge in [0, 0.05) is 31.1 Å². The van der Waals surface area contributed by atoms with Crippen molar-refractivity contribution in [2.45, 2.75) is 33.2 Å². The number of rotatable bonds is 1. The van der Waals surface area contributed by atoms with Crippen molar-refractivity contribution in [1.82, 2.24) is 4.98 Å². The summed E-state index contributed by atoms with van der Waals surface area (Å²) in [6.45, 7) is 6.99. The molecule has 1 aromatic rings. The molecule has 0 aromatic carbocycles. The fourth-order valence-corrected chi connectivity index (χ4v) is 2.26. The van der Waals surface area contributed by atoms with E-state index in [2.05, 4.69) is 22.9 Å². The van der Waals surface area contributed by atoms with Gasteiger partial charge in [-0.15, -0.1) is 0 Å². The van der Waals surface area contributed by atoms with Crippen molar-refractivity contribution >= 4 is 11.5 Å². The summed E-state index contributed by atoms with van der Waals surface area (Å²) in [5.41, 5.74) is 2.29. The molecule has 0 bridgehead atoms. The Morgan fingerprint density at radius 1 is 1.38 bits per heavy atom. The van der Waals surface area contributed by atoms with E-state index in [1.165, 1.54) is 0 Å². The molecule has 1 aliphatic heterocycles. The molecule has 0 saturated carbocycles. The zero-order valence-electron chi connectivity index (χ0n) is 10.1. The van der Waals surface area contributed by atoms with E-state index in [0.717, 1.165) is 17.8 Å². The van der Waals surface area contributed by atoms with Crippen molar-refractivity contribution in [2.24, 2.45) is 5.92 Å². The zero-order valence-corrected chi connectivity index (χ0v) is 10.1. The lowest BCUT2D eigenvalue weighted by atomic mass is 9.90. The highest BCUT2D eigenvalue weighted by molar-refractivity contribution is 5.84. The predicted molar refractivity (Wildman–Crippen MR) is 64.6 cm³/mol. The third-order valence-electron chi connectivity index (χ3n) is 3.51. The second-order valence-corrected chi connectivity index (χ2v) is 4.66. The topological polar surface area (TPSA) is 33.2 Å². The first-order valence-corrected chi connectivity index (χ1v) is 5.80. The van der Waals surface area contributed by atoms with Crippen molar-refractivity contribution in [3.8, 4) is 0 Å². The normalized spacial score (nSPS) is 25.9. The first-order valence-electron chi connectivity index (χ1n) is 5.80. The van der Waals surface area contributed by atoms with Gasteiger partial charge >= 0.3 is 0 Å². The highest BCUT2D eigenvalue weighted by Crippen LogP contribution is 2.26. The molecule has 0 radical (unpaired) electrons. The molecule has 1 aliphatic rings. The van der Waals surface area contributed by atoms with Crippen molar-refractivity contribution in [3.63, 3.8) is 0 Å². The molecule has 0 spiro atoms. The van der Waals surface area contributed by atoms with Gasteiger partial charge in [-0.1, -0.05) is 6.92 Å². The molecule has 0 N–H and O–H groups in total. The molecule has 2 rings (SSSR count). The number of piperidine rings is 1. The third kappa shape index (κ3) is 1.94. The average Bonchev–Trinajstić information content (AvgIpc) is 2.26. The number of nitrogens with zero attached hydrogens (tertiary/aromatic N) is 2. The third-order valence-corrected chi connectivity index (χ3v) is 3.51. The highest BCUT2D eigenvalue weighted by atomic mass is 16.1. The van der Waals surface area contributed by atoms with Crippen molar-refractivity contribution in [1.29, 1.82) is 0 Å². The van der Waals surface area contributed by atoms with Gasteiger partial charge in [-0.3, -0.25) is 9.78 Å². The van der Waals surface area contributed by atoms with Gasteiger partial charge in [0.15, 0.2) is 0 Å². The highest BCUT2D eigenvalue weighted by Gasteiger charge is 2.30. The van der Waals surface area contributed by atoms with Crippen LogP contribution >= 0.6 is 0 Å². The predicted octanol–water partition coefficient (Wildman–Crippen LogP) is 2.19.